The maximum atomic E-state index is 12.4. The van der Waals surface area contributed by atoms with Crippen LogP contribution < -0.4 is 5.32 Å². The zero-order chi connectivity index (χ0) is 16.4. The number of aliphatic carboxylic acids is 1. The van der Waals surface area contributed by atoms with E-state index in [1.807, 2.05) is 46.0 Å². The molecule has 1 aromatic heterocycles. The van der Waals surface area contributed by atoms with E-state index in [9.17, 15) is 14.7 Å². The molecule has 0 saturated heterocycles. The number of rotatable bonds is 5. The normalized spacial score (nSPS) is 12.6. The Kier molecular flexibility index (Phi) is 4.54. The average molecular weight is 302 g/mol. The zero-order valence-electron chi connectivity index (χ0n) is 13.4. The van der Waals surface area contributed by atoms with Crippen LogP contribution in [-0.2, 0) is 11.8 Å². The predicted octanol–water partition coefficient (Wildman–Crippen LogP) is 2.72. The van der Waals surface area contributed by atoms with Crippen molar-refractivity contribution >= 4 is 22.8 Å². The van der Waals surface area contributed by atoms with E-state index >= 15 is 0 Å². The Bertz CT molecular complexity index is 716. The topological polar surface area (TPSA) is 71.3 Å². The number of hydrogen-bond donors (Lipinski definition) is 2. The van der Waals surface area contributed by atoms with Crippen LogP contribution in [0.1, 0.15) is 36.3 Å². The maximum Gasteiger partial charge on any atom is 0.326 e. The van der Waals surface area contributed by atoms with Gasteiger partial charge in [0, 0.05) is 18.0 Å². The summed E-state index contributed by atoms with van der Waals surface area (Å²) in [7, 11) is 1.81. The fourth-order valence-electron chi connectivity index (χ4n) is 2.61. The lowest BCUT2D eigenvalue weighted by atomic mass is 10.0. The summed E-state index contributed by atoms with van der Waals surface area (Å²) in [6, 6.07) is 6.89. The molecule has 0 saturated carbocycles. The molecule has 0 aliphatic carbocycles. The molecule has 5 heteroatoms. The number of amides is 1. The quantitative estimate of drug-likeness (QED) is 0.892. The molecule has 22 heavy (non-hydrogen) atoms. The third-order valence-electron chi connectivity index (χ3n) is 3.74. The lowest BCUT2D eigenvalue weighted by Gasteiger charge is -2.16. The SMILES string of the molecule is Cc1ccc2c(c1)cc(C(=O)N[C@@H](CC(C)C)C(=O)O)n2C. The minimum absolute atomic E-state index is 0.191. The summed E-state index contributed by atoms with van der Waals surface area (Å²) in [5.41, 5.74) is 2.54. The minimum atomic E-state index is -1.00. The summed E-state index contributed by atoms with van der Waals surface area (Å²) >= 11 is 0. The van der Waals surface area contributed by atoms with E-state index in [4.69, 9.17) is 0 Å². The van der Waals surface area contributed by atoms with Crippen LogP contribution in [-0.4, -0.2) is 27.6 Å². The number of nitrogens with zero attached hydrogens (tertiary/aromatic N) is 1. The summed E-state index contributed by atoms with van der Waals surface area (Å²) in [5.74, 6) is -1.17. The van der Waals surface area contributed by atoms with Crippen LogP contribution in [0.15, 0.2) is 24.3 Å². The summed E-state index contributed by atoms with van der Waals surface area (Å²) < 4.78 is 1.79. The van der Waals surface area contributed by atoms with Crippen molar-refractivity contribution in [2.75, 3.05) is 0 Å². The van der Waals surface area contributed by atoms with Crippen molar-refractivity contribution in [1.29, 1.82) is 0 Å². The van der Waals surface area contributed by atoms with Crippen LogP contribution in [0, 0.1) is 12.8 Å². The summed E-state index contributed by atoms with van der Waals surface area (Å²) in [5, 5.41) is 12.8. The molecule has 1 heterocycles. The van der Waals surface area contributed by atoms with E-state index in [2.05, 4.69) is 5.32 Å². The van der Waals surface area contributed by atoms with Crippen molar-refractivity contribution in [2.45, 2.75) is 33.2 Å². The molecular formula is C17H22N2O3. The second kappa shape index (κ2) is 6.22. The number of aromatic nitrogens is 1. The van der Waals surface area contributed by atoms with Crippen molar-refractivity contribution in [3.63, 3.8) is 0 Å². The minimum Gasteiger partial charge on any atom is -0.480 e. The fraction of sp³-hybridized carbons (Fsp3) is 0.412. The van der Waals surface area contributed by atoms with Gasteiger partial charge in [0.05, 0.1) is 0 Å². The van der Waals surface area contributed by atoms with Gasteiger partial charge >= 0.3 is 5.97 Å². The van der Waals surface area contributed by atoms with Crippen molar-refractivity contribution in [3.05, 3.63) is 35.5 Å². The van der Waals surface area contributed by atoms with Crippen molar-refractivity contribution < 1.29 is 14.7 Å². The zero-order valence-corrected chi connectivity index (χ0v) is 13.4. The Morgan fingerprint density at radius 1 is 1.27 bits per heavy atom. The van der Waals surface area contributed by atoms with Gasteiger partial charge in [0.1, 0.15) is 11.7 Å². The molecule has 0 unspecified atom stereocenters. The molecule has 118 valence electrons. The van der Waals surface area contributed by atoms with Crippen molar-refractivity contribution in [1.82, 2.24) is 9.88 Å². The van der Waals surface area contributed by atoms with Gasteiger partial charge < -0.3 is 15.0 Å². The van der Waals surface area contributed by atoms with Gasteiger partial charge in [-0.1, -0.05) is 25.5 Å². The first-order valence-corrected chi connectivity index (χ1v) is 7.39. The number of hydrogen-bond acceptors (Lipinski definition) is 2. The maximum absolute atomic E-state index is 12.4. The Labute approximate surface area is 129 Å². The number of benzene rings is 1. The van der Waals surface area contributed by atoms with Crippen LogP contribution in [0.2, 0.25) is 0 Å². The van der Waals surface area contributed by atoms with E-state index in [1.165, 1.54) is 0 Å². The third-order valence-corrected chi connectivity index (χ3v) is 3.74. The highest BCUT2D eigenvalue weighted by molar-refractivity contribution is 6.00. The van der Waals surface area contributed by atoms with Gasteiger partial charge in [0.15, 0.2) is 0 Å². The molecule has 2 N–H and O–H groups in total. The monoisotopic (exact) mass is 302 g/mol. The van der Waals surface area contributed by atoms with Crippen LogP contribution >= 0.6 is 0 Å². The number of carboxylic acid groups (broad SMARTS) is 1. The van der Waals surface area contributed by atoms with E-state index in [0.29, 0.717) is 12.1 Å². The molecule has 0 radical (unpaired) electrons. The largest absolute Gasteiger partial charge is 0.480 e. The first-order valence-electron chi connectivity index (χ1n) is 7.39. The highest BCUT2D eigenvalue weighted by atomic mass is 16.4. The predicted molar refractivity (Wildman–Crippen MR) is 86.0 cm³/mol. The molecule has 1 atom stereocenters. The molecule has 2 aromatic rings. The van der Waals surface area contributed by atoms with Gasteiger partial charge in [-0.15, -0.1) is 0 Å². The number of nitrogens with one attached hydrogen (secondary N) is 1. The van der Waals surface area contributed by atoms with Crippen molar-refractivity contribution in [2.24, 2.45) is 13.0 Å². The van der Waals surface area contributed by atoms with Gasteiger partial charge in [-0.25, -0.2) is 4.79 Å². The van der Waals surface area contributed by atoms with Gasteiger partial charge in [0.2, 0.25) is 0 Å². The Balaban J connectivity index is 2.29. The number of carbonyl (C=O) groups is 2. The van der Waals surface area contributed by atoms with Gasteiger partial charge in [0.25, 0.3) is 5.91 Å². The second-order valence-corrected chi connectivity index (χ2v) is 6.14. The average Bonchev–Trinajstić information content (AvgIpc) is 2.74. The molecule has 0 bridgehead atoms. The smallest absolute Gasteiger partial charge is 0.326 e. The first kappa shape index (κ1) is 16.1. The molecule has 0 aliphatic heterocycles. The third kappa shape index (κ3) is 3.30. The molecule has 2 rings (SSSR count). The van der Waals surface area contributed by atoms with Gasteiger partial charge in [-0.05, 0) is 37.5 Å². The van der Waals surface area contributed by atoms with Crippen LogP contribution in [0.25, 0.3) is 10.9 Å². The van der Waals surface area contributed by atoms with E-state index < -0.39 is 12.0 Å². The van der Waals surface area contributed by atoms with Crippen LogP contribution in [0.4, 0.5) is 0 Å². The first-order chi connectivity index (χ1) is 10.3. The molecule has 1 amide bonds. The Morgan fingerprint density at radius 2 is 1.95 bits per heavy atom. The Hall–Kier alpha value is -2.30. The van der Waals surface area contributed by atoms with Crippen LogP contribution in [0.5, 0.6) is 0 Å². The lowest BCUT2D eigenvalue weighted by Crippen LogP contribution is -2.42. The van der Waals surface area contributed by atoms with Crippen LogP contribution in [0.3, 0.4) is 0 Å². The molecule has 5 nitrogen and oxygen atoms in total. The fourth-order valence-corrected chi connectivity index (χ4v) is 2.61. The van der Waals surface area contributed by atoms with E-state index in [0.717, 1.165) is 16.5 Å². The van der Waals surface area contributed by atoms with Crippen molar-refractivity contribution in [3.8, 4) is 0 Å². The number of aryl methyl sites for hydroxylation is 2. The van der Waals surface area contributed by atoms with Gasteiger partial charge in [-0.3, -0.25) is 4.79 Å². The molecule has 1 aromatic carbocycles. The standard InChI is InChI=1S/C17H22N2O3/c1-10(2)7-13(17(21)22)18-16(20)15-9-12-8-11(3)5-6-14(12)19(15)4/h5-6,8-10,13H,7H2,1-4H3,(H,18,20)(H,21,22)/t13-/m0/s1. The highest BCUT2D eigenvalue weighted by Gasteiger charge is 2.23. The number of carbonyl (C=O) groups excluding carboxylic acids is 1. The Morgan fingerprint density at radius 3 is 2.55 bits per heavy atom. The van der Waals surface area contributed by atoms with E-state index in [-0.39, 0.29) is 11.8 Å². The number of carboxylic acids is 1. The molecule has 0 spiro atoms. The molecule has 0 aliphatic rings. The lowest BCUT2D eigenvalue weighted by molar-refractivity contribution is -0.139. The van der Waals surface area contributed by atoms with Gasteiger partial charge in [-0.2, -0.15) is 0 Å². The summed E-state index contributed by atoms with van der Waals surface area (Å²) in [6.45, 7) is 5.86. The second-order valence-electron chi connectivity index (χ2n) is 6.14. The summed E-state index contributed by atoms with van der Waals surface area (Å²) in [4.78, 5) is 23.7. The number of fused-ring (bicyclic) bond motifs is 1. The highest BCUT2D eigenvalue weighted by Crippen LogP contribution is 2.20. The molecular weight excluding hydrogens is 280 g/mol. The molecule has 0 fully saturated rings. The van der Waals surface area contributed by atoms with E-state index in [1.54, 1.807) is 10.6 Å². The summed E-state index contributed by atoms with van der Waals surface area (Å²) in [6.07, 6.45) is 0.407.